The lowest BCUT2D eigenvalue weighted by molar-refractivity contribution is 0.0879. The Morgan fingerprint density at radius 1 is 1.15 bits per heavy atom. The fourth-order valence-corrected chi connectivity index (χ4v) is 0.970. The number of alkyl halides is 3. The predicted molar refractivity (Wildman–Crippen MR) is 36.7 cm³/mol. The van der Waals surface area contributed by atoms with Crippen LogP contribution in [0, 0.1) is 12.0 Å². The SMILES string of the molecule is Fc1nc(F)c(Cl)c(C(F)(F)Cl)n1. The third-order valence-corrected chi connectivity index (χ3v) is 1.57. The number of hydrogen-bond donors (Lipinski definition) is 0. The van der Waals surface area contributed by atoms with Crippen molar-refractivity contribution >= 4 is 23.2 Å². The zero-order chi connectivity index (χ0) is 10.2. The summed E-state index contributed by atoms with van der Waals surface area (Å²) in [5.41, 5.74) is -1.39. The summed E-state index contributed by atoms with van der Waals surface area (Å²) in [5, 5.41) is -5.12. The average Bonchev–Trinajstić information content (AvgIpc) is 1.94. The van der Waals surface area contributed by atoms with Crippen molar-refractivity contribution in [2.45, 2.75) is 5.38 Å². The molecule has 13 heavy (non-hydrogen) atoms. The monoisotopic (exact) mass is 234 g/mol. The van der Waals surface area contributed by atoms with Gasteiger partial charge < -0.3 is 0 Å². The van der Waals surface area contributed by atoms with Crippen molar-refractivity contribution in [1.29, 1.82) is 0 Å². The quantitative estimate of drug-likeness (QED) is 0.323. The minimum atomic E-state index is -4.03. The van der Waals surface area contributed by atoms with Gasteiger partial charge >= 0.3 is 11.5 Å². The molecule has 8 heteroatoms. The van der Waals surface area contributed by atoms with E-state index in [4.69, 9.17) is 11.6 Å². The molecule has 1 heterocycles. The van der Waals surface area contributed by atoms with E-state index in [9.17, 15) is 17.6 Å². The van der Waals surface area contributed by atoms with Crippen molar-refractivity contribution in [2.75, 3.05) is 0 Å². The Hall–Kier alpha value is -0.620. The topological polar surface area (TPSA) is 25.8 Å². The third-order valence-electron chi connectivity index (χ3n) is 1.05. The molecule has 0 aliphatic carbocycles. The van der Waals surface area contributed by atoms with Gasteiger partial charge in [-0.15, -0.1) is 0 Å². The van der Waals surface area contributed by atoms with Gasteiger partial charge in [0.15, 0.2) is 5.69 Å². The molecule has 2 nitrogen and oxygen atoms in total. The van der Waals surface area contributed by atoms with Gasteiger partial charge in [0.05, 0.1) is 0 Å². The molecular weight excluding hydrogens is 235 g/mol. The van der Waals surface area contributed by atoms with Crippen molar-refractivity contribution in [3.63, 3.8) is 0 Å². The van der Waals surface area contributed by atoms with Crippen LogP contribution >= 0.6 is 23.2 Å². The maximum Gasteiger partial charge on any atom is 0.366 e. The van der Waals surface area contributed by atoms with Gasteiger partial charge in [0.25, 0.3) is 0 Å². The third kappa shape index (κ3) is 2.19. The summed E-state index contributed by atoms with van der Waals surface area (Å²) in [7, 11) is 0. The molecule has 1 aromatic rings. The van der Waals surface area contributed by atoms with E-state index in [1.54, 1.807) is 0 Å². The molecule has 0 spiro atoms. The van der Waals surface area contributed by atoms with Gasteiger partial charge in [0, 0.05) is 0 Å². The second-order valence-electron chi connectivity index (χ2n) is 1.94. The Morgan fingerprint density at radius 3 is 2.15 bits per heavy atom. The molecule has 0 aromatic carbocycles. The zero-order valence-corrected chi connectivity index (χ0v) is 7.17. The van der Waals surface area contributed by atoms with E-state index >= 15 is 0 Å². The van der Waals surface area contributed by atoms with Crippen molar-refractivity contribution in [1.82, 2.24) is 9.97 Å². The molecule has 0 unspecified atom stereocenters. The highest BCUT2D eigenvalue weighted by Gasteiger charge is 2.35. The van der Waals surface area contributed by atoms with Gasteiger partial charge in [0.2, 0.25) is 5.95 Å². The summed E-state index contributed by atoms with van der Waals surface area (Å²) in [6.45, 7) is 0. The number of aromatic nitrogens is 2. The second-order valence-corrected chi connectivity index (χ2v) is 2.80. The molecule has 0 saturated carbocycles. The molecule has 0 fully saturated rings. The summed E-state index contributed by atoms with van der Waals surface area (Å²) in [6, 6.07) is 0. The molecule has 0 radical (unpaired) electrons. The molecular formula is C5Cl2F4N2. The van der Waals surface area contributed by atoms with E-state index < -0.39 is 28.1 Å². The first-order valence-electron chi connectivity index (χ1n) is 2.78. The predicted octanol–water partition coefficient (Wildman–Crippen LogP) is 2.70. The minimum Gasteiger partial charge on any atom is -0.198 e. The molecule has 1 aromatic heterocycles. The van der Waals surface area contributed by atoms with Crippen LogP contribution < -0.4 is 0 Å². The maximum absolute atomic E-state index is 12.5. The van der Waals surface area contributed by atoms with Crippen molar-refractivity contribution < 1.29 is 17.6 Å². The smallest absolute Gasteiger partial charge is 0.198 e. The standard InChI is InChI=1S/C5Cl2F4N2/c6-1-2(5(7,10)11)12-4(9)13-3(1)8. The highest BCUT2D eigenvalue weighted by molar-refractivity contribution is 6.32. The highest BCUT2D eigenvalue weighted by Crippen LogP contribution is 2.35. The van der Waals surface area contributed by atoms with Crippen LogP contribution in [0.4, 0.5) is 17.6 Å². The summed E-state index contributed by atoms with van der Waals surface area (Å²) in [5.74, 6) is -1.58. The van der Waals surface area contributed by atoms with Crippen LogP contribution in [-0.2, 0) is 5.38 Å². The minimum absolute atomic E-state index is 1.10. The first-order chi connectivity index (χ1) is 5.82. The number of rotatable bonds is 1. The van der Waals surface area contributed by atoms with Gasteiger partial charge in [-0.1, -0.05) is 11.6 Å². The molecule has 0 bridgehead atoms. The second kappa shape index (κ2) is 3.26. The molecule has 0 aliphatic heterocycles. The van der Waals surface area contributed by atoms with E-state index in [-0.39, 0.29) is 0 Å². The molecule has 0 aliphatic rings. The Kier molecular flexibility index (Phi) is 2.63. The van der Waals surface area contributed by atoms with Crippen LogP contribution in [-0.4, -0.2) is 9.97 Å². The zero-order valence-electron chi connectivity index (χ0n) is 5.66. The Morgan fingerprint density at radius 2 is 1.69 bits per heavy atom. The Labute approximate surface area is 79.5 Å². The number of hydrogen-bond acceptors (Lipinski definition) is 2. The largest absolute Gasteiger partial charge is 0.366 e. The first kappa shape index (κ1) is 10.5. The maximum atomic E-state index is 12.5. The van der Waals surface area contributed by atoms with Gasteiger partial charge in [-0.3, -0.25) is 0 Å². The first-order valence-corrected chi connectivity index (χ1v) is 3.53. The van der Waals surface area contributed by atoms with Crippen LogP contribution in [0.25, 0.3) is 0 Å². The van der Waals surface area contributed by atoms with Gasteiger partial charge in [0.1, 0.15) is 5.02 Å². The Bertz CT molecular complexity index is 338. The average molecular weight is 235 g/mol. The molecule has 0 N–H and O–H groups in total. The van der Waals surface area contributed by atoms with Crippen LogP contribution in [0.2, 0.25) is 5.02 Å². The van der Waals surface area contributed by atoms with E-state index in [2.05, 4.69) is 21.6 Å². The number of halogens is 6. The van der Waals surface area contributed by atoms with Crippen LogP contribution in [0.1, 0.15) is 5.69 Å². The van der Waals surface area contributed by atoms with Crippen LogP contribution in [0.3, 0.4) is 0 Å². The normalized spacial score (nSPS) is 11.8. The van der Waals surface area contributed by atoms with E-state index in [1.807, 2.05) is 0 Å². The summed E-state index contributed by atoms with van der Waals surface area (Å²) >= 11 is 9.49. The van der Waals surface area contributed by atoms with Gasteiger partial charge in [-0.05, 0) is 11.6 Å². The van der Waals surface area contributed by atoms with Gasteiger partial charge in [-0.2, -0.15) is 27.5 Å². The lowest BCUT2D eigenvalue weighted by atomic mass is 10.4. The van der Waals surface area contributed by atoms with E-state index in [0.29, 0.717) is 0 Å². The van der Waals surface area contributed by atoms with Crippen molar-refractivity contribution in [3.8, 4) is 0 Å². The van der Waals surface area contributed by atoms with E-state index in [0.717, 1.165) is 0 Å². The van der Waals surface area contributed by atoms with Crippen LogP contribution in [0.5, 0.6) is 0 Å². The summed E-state index contributed by atoms with van der Waals surface area (Å²) in [4.78, 5) is 5.05. The van der Waals surface area contributed by atoms with E-state index in [1.165, 1.54) is 0 Å². The van der Waals surface area contributed by atoms with Gasteiger partial charge in [-0.25, -0.2) is 0 Å². The van der Waals surface area contributed by atoms with Crippen LogP contribution in [0.15, 0.2) is 0 Å². The molecule has 0 amide bonds. The molecule has 72 valence electrons. The fourth-order valence-electron chi connectivity index (χ4n) is 0.582. The fraction of sp³-hybridized carbons (Fsp3) is 0.200. The molecule has 0 saturated heterocycles. The molecule has 1 rings (SSSR count). The summed E-state index contributed by atoms with van der Waals surface area (Å²) < 4.78 is 49.3. The van der Waals surface area contributed by atoms with Crippen molar-refractivity contribution in [3.05, 3.63) is 22.7 Å². The van der Waals surface area contributed by atoms with Crippen molar-refractivity contribution in [2.24, 2.45) is 0 Å². The Balaban J connectivity index is 3.37. The lowest BCUT2D eigenvalue weighted by Crippen LogP contribution is -2.11. The number of nitrogens with zero attached hydrogens (tertiary/aromatic N) is 2. The highest BCUT2D eigenvalue weighted by atomic mass is 35.5. The lowest BCUT2D eigenvalue weighted by Gasteiger charge is -2.08. The molecule has 0 atom stereocenters. The summed E-state index contributed by atoms with van der Waals surface area (Å²) in [6.07, 6.45) is -1.66.